The summed E-state index contributed by atoms with van der Waals surface area (Å²) in [6, 6.07) is 5.87. The maximum Gasteiger partial charge on any atom is 0.285 e. The van der Waals surface area contributed by atoms with E-state index in [0.717, 1.165) is 43.2 Å². The lowest BCUT2D eigenvalue weighted by molar-refractivity contribution is -0.125. The van der Waals surface area contributed by atoms with E-state index in [1.165, 1.54) is 0 Å². The number of hydrogen-bond acceptors (Lipinski definition) is 4. The third kappa shape index (κ3) is 5.20. The van der Waals surface area contributed by atoms with Gasteiger partial charge in [0.1, 0.15) is 10.7 Å². The lowest BCUT2D eigenvalue weighted by Gasteiger charge is -2.34. The van der Waals surface area contributed by atoms with E-state index in [1.807, 2.05) is 50.8 Å². The van der Waals surface area contributed by atoms with Gasteiger partial charge in [-0.2, -0.15) is 8.42 Å². The van der Waals surface area contributed by atoms with Crippen LogP contribution in [0.25, 0.3) is 4.91 Å². The molecule has 0 unspecified atom stereocenters. The Hall–Kier alpha value is -2.15. The molecule has 0 radical (unpaired) electrons. The number of nitrogens with one attached hydrogen (secondary N) is 1. The molecule has 0 aromatic heterocycles. The van der Waals surface area contributed by atoms with E-state index < -0.39 is 10.0 Å². The van der Waals surface area contributed by atoms with Gasteiger partial charge in [0, 0.05) is 30.6 Å². The Morgan fingerprint density at radius 1 is 1.19 bits per heavy atom. The molecular formula is C24H35N3O3S. The van der Waals surface area contributed by atoms with Crippen molar-refractivity contribution in [2.45, 2.75) is 72.8 Å². The molecule has 0 spiro atoms. The molecule has 1 atom stereocenters. The summed E-state index contributed by atoms with van der Waals surface area (Å²) in [6.45, 7) is 11.3. The summed E-state index contributed by atoms with van der Waals surface area (Å²) in [4.78, 5) is 14.8. The van der Waals surface area contributed by atoms with Crippen LogP contribution in [0.2, 0.25) is 0 Å². The first-order valence-corrected chi connectivity index (χ1v) is 12.8. The van der Waals surface area contributed by atoms with Crippen molar-refractivity contribution >= 4 is 26.7 Å². The topological polar surface area (TPSA) is 78.8 Å². The normalized spacial score (nSPS) is 20.0. The highest BCUT2D eigenvalue weighted by Crippen LogP contribution is 2.35. The van der Waals surface area contributed by atoms with Crippen LogP contribution >= 0.6 is 0 Å². The molecule has 2 aliphatic heterocycles. The Bertz CT molecular complexity index is 1000. The first-order chi connectivity index (χ1) is 14.6. The van der Waals surface area contributed by atoms with Crippen molar-refractivity contribution in [3.05, 3.63) is 40.5 Å². The number of nitrogens with zero attached hydrogens (tertiary/aromatic N) is 2. The van der Waals surface area contributed by atoms with Crippen molar-refractivity contribution in [3.8, 4) is 0 Å². The molecule has 0 aliphatic carbocycles. The van der Waals surface area contributed by atoms with Crippen LogP contribution < -0.4 is 5.32 Å². The minimum Gasteiger partial charge on any atom is -0.356 e. The second-order valence-electron chi connectivity index (χ2n) is 8.96. The second-order valence-corrected chi connectivity index (χ2v) is 10.5. The zero-order chi connectivity index (χ0) is 22.8. The number of carbonyl (C=O) groups excluding carboxylic acids is 1. The number of rotatable bonds is 6. The average Bonchev–Trinajstić information content (AvgIpc) is 2.97. The molecule has 1 saturated heterocycles. The van der Waals surface area contributed by atoms with Crippen LogP contribution in [0.5, 0.6) is 0 Å². The van der Waals surface area contributed by atoms with E-state index in [-0.39, 0.29) is 17.9 Å². The number of unbranched alkanes of at least 4 members (excludes halogenated alkanes) is 1. The summed E-state index contributed by atoms with van der Waals surface area (Å²) in [5.74, 6) is 0.711. The molecule has 1 amide bonds. The molecule has 31 heavy (non-hydrogen) atoms. The second kappa shape index (κ2) is 9.55. The Morgan fingerprint density at radius 2 is 1.87 bits per heavy atom. The quantitative estimate of drug-likeness (QED) is 0.712. The van der Waals surface area contributed by atoms with E-state index in [1.54, 1.807) is 0 Å². The van der Waals surface area contributed by atoms with Gasteiger partial charge < -0.3 is 10.2 Å². The lowest BCUT2D eigenvalue weighted by Crippen LogP contribution is -2.47. The monoisotopic (exact) mass is 445 g/mol. The average molecular weight is 446 g/mol. The third-order valence-electron chi connectivity index (χ3n) is 6.49. The number of likely N-dealkylation sites (tertiary alicyclic amines) is 1. The summed E-state index contributed by atoms with van der Waals surface area (Å²) >= 11 is 0. The number of hydrogen-bond donors (Lipinski definition) is 1. The van der Waals surface area contributed by atoms with Gasteiger partial charge in [-0.05, 0) is 56.7 Å². The fourth-order valence-corrected chi connectivity index (χ4v) is 5.76. The molecule has 170 valence electrons. The van der Waals surface area contributed by atoms with Crippen molar-refractivity contribution in [2.24, 2.45) is 10.3 Å². The van der Waals surface area contributed by atoms with Crippen molar-refractivity contribution in [3.63, 3.8) is 0 Å². The van der Waals surface area contributed by atoms with Crippen LogP contribution in [-0.4, -0.2) is 44.2 Å². The van der Waals surface area contributed by atoms with E-state index in [2.05, 4.69) is 16.6 Å². The number of aryl methyl sites for hydroxylation is 2. The van der Waals surface area contributed by atoms with E-state index in [4.69, 9.17) is 0 Å². The van der Waals surface area contributed by atoms with Crippen LogP contribution in [0.1, 0.15) is 69.6 Å². The molecule has 2 heterocycles. The molecule has 3 rings (SSSR count). The van der Waals surface area contributed by atoms with Crippen molar-refractivity contribution in [1.82, 2.24) is 10.2 Å². The fourth-order valence-electron chi connectivity index (χ4n) is 4.29. The van der Waals surface area contributed by atoms with Gasteiger partial charge in [-0.1, -0.05) is 44.9 Å². The Labute approximate surface area is 186 Å². The molecule has 1 N–H and O–H groups in total. The number of sulfonamides is 1. The summed E-state index contributed by atoms with van der Waals surface area (Å²) in [5, 5.41) is 3.18. The highest BCUT2D eigenvalue weighted by molar-refractivity contribution is 8.00. The molecule has 6 nitrogen and oxygen atoms in total. The van der Waals surface area contributed by atoms with E-state index >= 15 is 0 Å². The van der Waals surface area contributed by atoms with Crippen LogP contribution in [-0.2, 0) is 14.8 Å². The van der Waals surface area contributed by atoms with Crippen molar-refractivity contribution in [2.75, 3.05) is 13.1 Å². The Morgan fingerprint density at radius 3 is 2.48 bits per heavy atom. The van der Waals surface area contributed by atoms with Gasteiger partial charge in [0.25, 0.3) is 10.0 Å². The molecule has 1 fully saturated rings. The van der Waals surface area contributed by atoms with Gasteiger partial charge in [-0.3, -0.25) is 4.79 Å². The minimum atomic E-state index is -3.71. The molecule has 7 heteroatoms. The zero-order valence-corrected chi connectivity index (χ0v) is 20.2. The smallest absolute Gasteiger partial charge is 0.285 e. The Balaban J connectivity index is 1.68. The predicted octanol–water partition coefficient (Wildman–Crippen LogP) is 4.18. The van der Waals surface area contributed by atoms with Gasteiger partial charge in [-0.25, -0.2) is 0 Å². The predicted molar refractivity (Wildman–Crippen MR) is 126 cm³/mol. The van der Waals surface area contributed by atoms with Gasteiger partial charge in [-0.15, -0.1) is 4.40 Å². The SMILES string of the molecule is CCCC[C@@H](C)C(=O)NC1CCN(C2=NS(=O)(=O)C(c3ccc(C)c(C)c3)=C2C)CC1. The number of benzene rings is 1. The Kier molecular flexibility index (Phi) is 7.24. The maximum absolute atomic E-state index is 12.9. The van der Waals surface area contributed by atoms with Crippen molar-refractivity contribution < 1.29 is 13.2 Å². The number of amides is 1. The summed E-state index contributed by atoms with van der Waals surface area (Å²) in [6.07, 6.45) is 4.66. The first-order valence-electron chi connectivity index (χ1n) is 11.3. The molecule has 1 aromatic carbocycles. The number of amidine groups is 1. The largest absolute Gasteiger partial charge is 0.356 e. The van der Waals surface area contributed by atoms with Crippen LogP contribution in [0.4, 0.5) is 0 Å². The van der Waals surface area contributed by atoms with Gasteiger partial charge in [0.2, 0.25) is 5.91 Å². The van der Waals surface area contributed by atoms with E-state index in [9.17, 15) is 13.2 Å². The summed E-state index contributed by atoms with van der Waals surface area (Å²) < 4.78 is 29.9. The highest BCUT2D eigenvalue weighted by atomic mass is 32.2. The van der Waals surface area contributed by atoms with Crippen LogP contribution in [0.3, 0.4) is 0 Å². The van der Waals surface area contributed by atoms with Gasteiger partial charge in [0.05, 0.1) is 0 Å². The molecule has 0 bridgehead atoms. The van der Waals surface area contributed by atoms with Crippen LogP contribution in [0, 0.1) is 19.8 Å². The number of piperidine rings is 1. The zero-order valence-electron chi connectivity index (χ0n) is 19.4. The fraction of sp³-hybridized carbons (Fsp3) is 0.583. The standard InChI is InChI=1S/C24H35N3O3S/c1-6-7-8-17(3)24(28)25-21-11-13-27(14-12-21)23-19(5)22(31(29,30)26-23)20-10-9-16(2)18(4)15-20/h9-10,15,17,21H,6-8,11-14H2,1-5H3,(H,25,28)/t17-/m1/s1. The number of carbonyl (C=O) groups is 1. The highest BCUT2D eigenvalue weighted by Gasteiger charge is 2.35. The molecule has 2 aliphatic rings. The van der Waals surface area contributed by atoms with Crippen LogP contribution in [0.15, 0.2) is 28.2 Å². The molecular weight excluding hydrogens is 410 g/mol. The van der Waals surface area contributed by atoms with E-state index in [0.29, 0.717) is 35.0 Å². The van der Waals surface area contributed by atoms with Gasteiger partial charge >= 0.3 is 0 Å². The first kappa shape index (κ1) is 23.5. The summed E-state index contributed by atoms with van der Waals surface area (Å²) in [5.41, 5.74) is 3.60. The molecule has 0 saturated carbocycles. The molecule has 1 aromatic rings. The lowest BCUT2D eigenvalue weighted by atomic mass is 9.99. The van der Waals surface area contributed by atoms with Crippen molar-refractivity contribution in [1.29, 1.82) is 0 Å². The summed E-state index contributed by atoms with van der Waals surface area (Å²) in [7, 11) is -3.71. The van der Waals surface area contributed by atoms with Gasteiger partial charge in [0.15, 0.2) is 0 Å². The minimum absolute atomic E-state index is 0.0352. The maximum atomic E-state index is 12.9. The third-order valence-corrected chi connectivity index (χ3v) is 7.96.